The number of nitrogens with one attached hydrogen (secondary N) is 1. The van der Waals surface area contributed by atoms with Crippen molar-refractivity contribution in [3.63, 3.8) is 0 Å². The van der Waals surface area contributed by atoms with Crippen molar-refractivity contribution in [1.29, 1.82) is 0 Å². The van der Waals surface area contributed by atoms with E-state index in [9.17, 15) is 4.79 Å². The molecule has 0 radical (unpaired) electrons. The lowest BCUT2D eigenvalue weighted by atomic mass is 10.2. The first-order valence-corrected chi connectivity index (χ1v) is 9.16. The van der Waals surface area contributed by atoms with Crippen LogP contribution in [-0.4, -0.2) is 17.4 Å². The molecule has 112 valence electrons. The van der Waals surface area contributed by atoms with E-state index in [1.807, 2.05) is 22.9 Å². The summed E-state index contributed by atoms with van der Waals surface area (Å²) in [6.45, 7) is 2.91. The van der Waals surface area contributed by atoms with Crippen LogP contribution in [0.5, 0.6) is 0 Å². The maximum absolute atomic E-state index is 12.1. The van der Waals surface area contributed by atoms with Gasteiger partial charge < -0.3 is 5.32 Å². The number of amides is 1. The third-order valence-electron chi connectivity index (χ3n) is 3.85. The van der Waals surface area contributed by atoms with Gasteiger partial charge in [0.1, 0.15) is 0 Å². The monoisotopic (exact) mass is 320 g/mol. The maximum atomic E-state index is 12.1. The van der Waals surface area contributed by atoms with Gasteiger partial charge in [-0.2, -0.15) is 0 Å². The van der Waals surface area contributed by atoms with Crippen LogP contribution >= 0.6 is 22.7 Å². The van der Waals surface area contributed by atoms with Crippen molar-refractivity contribution in [3.05, 3.63) is 38.5 Å². The molecule has 3 rings (SSSR count). The summed E-state index contributed by atoms with van der Waals surface area (Å²) in [6, 6.07) is 4.32. The highest BCUT2D eigenvalue weighted by atomic mass is 32.1. The number of carbonyl (C=O) groups excluding carboxylic acids is 1. The Hall–Kier alpha value is -1.20. The van der Waals surface area contributed by atoms with Gasteiger partial charge in [0.05, 0.1) is 5.01 Å². The first-order valence-electron chi connectivity index (χ1n) is 7.46. The average Bonchev–Trinajstić information content (AvgIpc) is 2.88. The molecule has 0 spiro atoms. The minimum absolute atomic E-state index is 0.210. The van der Waals surface area contributed by atoms with Crippen LogP contribution in [-0.2, 0) is 11.2 Å². The lowest BCUT2D eigenvalue weighted by Crippen LogP contribution is -2.26. The number of thiophene rings is 1. The van der Waals surface area contributed by atoms with Gasteiger partial charge in [0.15, 0.2) is 0 Å². The minimum atomic E-state index is 0.210. The Kier molecular flexibility index (Phi) is 4.70. The largest absolute Gasteiger partial charge is 0.356 e. The predicted molar refractivity (Wildman–Crippen MR) is 88.0 cm³/mol. The Morgan fingerprint density at radius 2 is 2.33 bits per heavy atom. The van der Waals surface area contributed by atoms with Gasteiger partial charge in [-0.1, -0.05) is 0 Å². The number of hydrogen-bond acceptors (Lipinski definition) is 4. The van der Waals surface area contributed by atoms with Gasteiger partial charge in [-0.05, 0) is 44.7 Å². The van der Waals surface area contributed by atoms with E-state index < -0.39 is 0 Å². The van der Waals surface area contributed by atoms with Crippen LogP contribution in [0.25, 0.3) is 0 Å². The summed E-state index contributed by atoms with van der Waals surface area (Å²) in [5, 5.41) is 6.28. The zero-order valence-electron chi connectivity index (χ0n) is 12.2. The molecule has 0 saturated heterocycles. The molecule has 1 N–H and O–H groups in total. The van der Waals surface area contributed by atoms with Crippen LogP contribution in [0.15, 0.2) is 23.7 Å². The van der Waals surface area contributed by atoms with Crippen molar-refractivity contribution in [2.24, 2.45) is 5.92 Å². The third-order valence-corrected chi connectivity index (χ3v) is 5.83. The van der Waals surface area contributed by atoms with Crippen LogP contribution in [0.1, 0.15) is 39.9 Å². The van der Waals surface area contributed by atoms with E-state index in [0.717, 1.165) is 32.2 Å². The fourth-order valence-corrected chi connectivity index (χ4v) is 4.29. The summed E-state index contributed by atoms with van der Waals surface area (Å²) in [4.78, 5) is 19.0. The van der Waals surface area contributed by atoms with Gasteiger partial charge in [-0.3, -0.25) is 4.79 Å². The second-order valence-electron chi connectivity index (χ2n) is 5.57. The molecular formula is C16H20N2OS2. The van der Waals surface area contributed by atoms with E-state index >= 15 is 0 Å². The normalized spacial score (nSPS) is 20.4. The van der Waals surface area contributed by atoms with E-state index in [-0.39, 0.29) is 11.8 Å². The summed E-state index contributed by atoms with van der Waals surface area (Å²) in [5.74, 6) is 0.918. The van der Waals surface area contributed by atoms with Gasteiger partial charge >= 0.3 is 0 Å². The Morgan fingerprint density at radius 3 is 3.05 bits per heavy atom. The van der Waals surface area contributed by atoms with Crippen molar-refractivity contribution >= 4 is 28.6 Å². The Balaban J connectivity index is 1.32. The molecule has 3 nitrogen and oxygen atoms in total. The molecule has 2 heterocycles. The van der Waals surface area contributed by atoms with Crippen LogP contribution in [0.3, 0.4) is 0 Å². The average molecular weight is 320 g/mol. The van der Waals surface area contributed by atoms with Crippen LogP contribution in [0, 0.1) is 12.8 Å². The predicted octanol–water partition coefficient (Wildman–Crippen LogP) is 3.76. The van der Waals surface area contributed by atoms with Gasteiger partial charge in [-0.15, -0.1) is 22.7 Å². The lowest BCUT2D eigenvalue weighted by molar-refractivity contribution is -0.122. The summed E-state index contributed by atoms with van der Waals surface area (Å²) in [5.41, 5.74) is 0. The number of nitrogens with zero attached hydrogens (tertiary/aromatic N) is 1. The molecular weight excluding hydrogens is 300 g/mol. The molecule has 2 unspecified atom stereocenters. The zero-order chi connectivity index (χ0) is 14.7. The van der Waals surface area contributed by atoms with E-state index in [0.29, 0.717) is 5.92 Å². The van der Waals surface area contributed by atoms with Gasteiger partial charge in [0.25, 0.3) is 0 Å². The number of carbonyl (C=O) groups is 1. The number of aryl methyl sites for hydroxylation is 2. The standard InChI is InChI=1S/C16H20N2OS2/c1-11-5-6-14(21-11)12-10-13(12)16(19)18-7-3-2-4-15-17-8-9-20-15/h5-6,8-9,12-13H,2-4,7,10H2,1H3,(H,18,19). The molecule has 1 aliphatic rings. The van der Waals surface area contributed by atoms with Gasteiger partial charge in [-0.25, -0.2) is 4.98 Å². The second-order valence-corrected chi connectivity index (χ2v) is 7.87. The first-order chi connectivity index (χ1) is 10.2. The highest BCUT2D eigenvalue weighted by Gasteiger charge is 2.44. The molecule has 2 aromatic heterocycles. The van der Waals surface area contributed by atoms with Crippen molar-refractivity contribution in [2.75, 3.05) is 6.54 Å². The fraction of sp³-hybridized carbons (Fsp3) is 0.500. The summed E-state index contributed by atoms with van der Waals surface area (Å²) >= 11 is 3.53. The summed E-state index contributed by atoms with van der Waals surface area (Å²) in [6.07, 6.45) is 6.01. The molecule has 1 fully saturated rings. The Labute approximate surface area is 133 Å². The van der Waals surface area contributed by atoms with Crippen molar-refractivity contribution in [3.8, 4) is 0 Å². The molecule has 0 aliphatic heterocycles. The van der Waals surface area contributed by atoms with Gasteiger partial charge in [0, 0.05) is 39.7 Å². The molecule has 1 saturated carbocycles. The van der Waals surface area contributed by atoms with E-state index in [4.69, 9.17) is 0 Å². The van der Waals surface area contributed by atoms with E-state index in [1.165, 1.54) is 14.8 Å². The number of thiazole rings is 1. The lowest BCUT2D eigenvalue weighted by Gasteiger charge is -2.04. The molecule has 0 bridgehead atoms. The molecule has 2 aromatic rings. The third kappa shape index (κ3) is 3.92. The van der Waals surface area contributed by atoms with E-state index in [1.54, 1.807) is 11.3 Å². The number of aromatic nitrogens is 1. The topological polar surface area (TPSA) is 42.0 Å². The second kappa shape index (κ2) is 6.71. The van der Waals surface area contributed by atoms with E-state index in [2.05, 4.69) is 29.4 Å². The van der Waals surface area contributed by atoms with Crippen molar-refractivity contribution < 1.29 is 4.79 Å². The Morgan fingerprint density at radius 1 is 1.43 bits per heavy atom. The van der Waals surface area contributed by atoms with Crippen LogP contribution in [0.4, 0.5) is 0 Å². The molecule has 1 aliphatic carbocycles. The van der Waals surface area contributed by atoms with Gasteiger partial charge in [0.2, 0.25) is 5.91 Å². The number of rotatable bonds is 7. The van der Waals surface area contributed by atoms with Crippen LogP contribution in [0.2, 0.25) is 0 Å². The molecule has 0 aromatic carbocycles. The quantitative estimate of drug-likeness (QED) is 0.789. The summed E-state index contributed by atoms with van der Waals surface area (Å²) < 4.78 is 0. The Bertz CT molecular complexity index is 591. The molecule has 1 amide bonds. The van der Waals surface area contributed by atoms with Crippen LogP contribution < -0.4 is 5.32 Å². The zero-order valence-corrected chi connectivity index (χ0v) is 13.8. The SMILES string of the molecule is Cc1ccc(C2CC2C(=O)NCCCCc2nccs2)s1. The number of hydrogen-bond donors (Lipinski definition) is 1. The molecule has 5 heteroatoms. The molecule has 21 heavy (non-hydrogen) atoms. The smallest absolute Gasteiger partial charge is 0.223 e. The number of unbranched alkanes of at least 4 members (excludes halogenated alkanes) is 1. The maximum Gasteiger partial charge on any atom is 0.223 e. The summed E-state index contributed by atoms with van der Waals surface area (Å²) in [7, 11) is 0. The highest BCUT2D eigenvalue weighted by molar-refractivity contribution is 7.12. The van der Waals surface area contributed by atoms with Crippen molar-refractivity contribution in [2.45, 2.75) is 38.5 Å². The highest BCUT2D eigenvalue weighted by Crippen LogP contribution is 2.49. The fourth-order valence-electron chi connectivity index (χ4n) is 2.57. The first kappa shape index (κ1) is 14.7. The minimum Gasteiger partial charge on any atom is -0.356 e. The molecule has 2 atom stereocenters. The van der Waals surface area contributed by atoms with Crippen molar-refractivity contribution in [1.82, 2.24) is 10.3 Å².